The summed E-state index contributed by atoms with van der Waals surface area (Å²) in [7, 11) is 0. The lowest BCUT2D eigenvalue weighted by Gasteiger charge is -2.39. The number of urea groups is 1. The normalized spacial score (nSPS) is 18.1. The fraction of sp³-hybridized carbons (Fsp3) is 0.857. The first kappa shape index (κ1) is 16.8. The molecule has 0 saturated carbocycles. The van der Waals surface area contributed by atoms with E-state index >= 15 is 0 Å². The highest BCUT2D eigenvalue weighted by molar-refractivity contribution is 5.75. The van der Waals surface area contributed by atoms with E-state index in [0.717, 1.165) is 6.54 Å². The van der Waals surface area contributed by atoms with Crippen molar-refractivity contribution in [3.8, 4) is 0 Å². The van der Waals surface area contributed by atoms with Crippen LogP contribution in [0.5, 0.6) is 0 Å². The van der Waals surface area contributed by atoms with Gasteiger partial charge in [-0.05, 0) is 19.8 Å². The second-order valence-corrected chi connectivity index (χ2v) is 5.75. The smallest absolute Gasteiger partial charge is 0.320 e. The molecule has 2 amide bonds. The van der Waals surface area contributed by atoms with Gasteiger partial charge in [-0.1, -0.05) is 13.8 Å². The molecule has 1 unspecified atom stereocenters. The zero-order chi connectivity index (χ0) is 15.3. The molecular weight excluding hydrogens is 258 g/mol. The van der Waals surface area contributed by atoms with E-state index in [1.807, 2.05) is 21.6 Å². The third-order valence-corrected chi connectivity index (χ3v) is 3.73. The molecule has 116 valence electrons. The Bertz CT molecular complexity index is 339. The van der Waals surface area contributed by atoms with Crippen molar-refractivity contribution in [3.63, 3.8) is 0 Å². The summed E-state index contributed by atoms with van der Waals surface area (Å²) in [6.45, 7) is 11.8. The highest BCUT2D eigenvalue weighted by atomic mass is 16.4. The lowest BCUT2D eigenvalue weighted by atomic mass is 10.2. The number of piperazine rings is 1. The van der Waals surface area contributed by atoms with Gasteiger partial charge in [0.2, 0.25) is 0 Å². The summed E-state index contributed by atoms with van der Waals surface area (Å²) in [6.07, 6.45) is 0. The number of hydrogen-bond donors (Lipinski definition) is 1. The first-order valence-corrected chi connectivity index (χ1v) is 7.37. The van der Waals surface area contributed by atoms with Crippen LogP contribution in [0.25, 0.3) is 0 Å². The molecule has 1 N–H and O–H groups in total. The van der Waals surface area contributed by atoms with Crippen molar-refractivity contribution in [3.05, 3.63) is 0 Å². The van der Waals surface area contributed by atoms with Crippen molar-refractivity contribution < 1.29 is 14.7 Å². The molecule has 0 radical (unpaired) electrons. The largest absolute Gasteiger partial charge is 0.480 e. The molecular formula is C14H27N3O3. The molecule has 1 rings (SSSR count). The number of hydrogen-bond acceptors (Lipinski definition) is 3. The van der Waals surface area contributed by atoms with Gasteiger partial charge in [-0.2, -0.15) is 0 Å². The van der Waals surface area contributed by atoms with Crippen molar-refractivity contribution in [1.82, 2.24) is 14.7 Å². The van der Waals surface area contributed by atoms with Crippen LogP contribution in [0, 0.1) is 5.92 Å². The minimum Gasteiger partial charge on any atom is -0.480 e. The van der Waals surface area contributed by atoms with Gasteiger partial charge < -0.3 is 14.9 Å². The van der Waals surface area contributed by atoms with E-state index < -0.39 is 12.0 Å². The summed E-state index contributed by atoms with van der Waals surface area (Å²) < 4.78 is 0. The maximum Gasteiger partial charge on any atom is 0.320 e. The second kappa shape index (κ2) is 7.47. The van der Waals surface area contributed by atoms with Crippen LogP contribution in [0.15, 0.2) is 0 Å². The average Bonchev–Trinajstić information content (AvgIpc) is 2.43. The molecule has 6 nitrogen and oxygen atoms in total. The van der Waals surface area contributed by atoms with Gasteiger partial charge in [-0.3, -0.25) is 9.69 Å². The summed E-state index contributed by atoms with van der Waals surface area (Å²) in [5.41, 5.74) is 0. The van der Waals surface area contributed by atoms with Crippen LogP contribution in [0.2, 0.25) is 0 Å². The first-order chi connectivity index (χ1) is 9.36. The number of nitrogens with zero attached hydrogens (tertiary/aromatic N) is 3. The molecule has 6 heteroatoms. The SMILES string of the molecule is CCN(CC(C)C)C(=O)N1CCN(C(C)C(=O)O)CC1. The van der Waals surface area contributed by atoms with Gasteiger partial charge in [-0.15, -0.1) is 0 Å². The van der Waals surface area contributed by atoms with Crippen LogP contribution in [-0.2, 0) is 4.79 Å². The molecule has 1 fully saturated rings. The summed E-state index contributed by atoms with van der Waals surface area (Å²) >= 11 is 0. The van der Waals surface area contributed by atoms with Gasteiger partial charge in [0.05, 0.1) is 0 Å². The van der Waals surface area contributed by atoms with E-state index in [2.05, 4.69) is 13.8 Å². The molecule has 20 heavy (non-hydrogen) atoms. The molecule has 0 aliphatic carbocycles. The molecule has 0 aromatic heterocycles. The van der Waals surface area contributed by atoms with Crippen LogP contribution in [0.3, 0.4) is 0 Å². The molecule has 1 heterocycles. The third-order valence-electron chi connectivity index (χ3n) is 3.73. The maximum absolute atomic E-state index is 12.4. The van der Waals surface area contributed by atoms with Gasteiger partial charge in [0.15, 0.2) is 0 Å². The lowest BCUT2D eigenvalue weighted by Crippen LogP contribution is -2.56. The predicted octanol–water partition coefficient (Wildman–Crippen LogP) is 1.17. The van der Waals surface area contributed by atoms with Gasteiger partial charge >= 0.3 is 12.0 Å². The minimum absolute atomic E-state index is 0.0730. The van der Waals surface area contributed by atoms with Crippen molar-refractivity contribution in [2.45, 2.75) is 33.7 Å². The van der Waals surface area contributed by atoms with Gasteiger partial charge in [0, 0.05) is 39.3 Å². The monoisotopic (exact) mass is 285 g/mol. The number of carbonyl (C=O) groups is 2. The highest BCUT2D eigenvalue weighted by Gasteiger charge is 2.28. The van der Waals surface area contributed by atoms with Crippen molar-refractivity contribution in [2.24, 2.45) is 5.92 Å². The summed E-state index contributed by atoms with van der Waals surface area (Å²) in [4.78, 5) is 29.0. The standard InChI is InChI=1S/C14H27N3O3/c1-5-15(10-11(2)3)14(20)17-8-6-16(7-9-17)12(4)13(18)19/h11-12H,5-10H2,1-4H3,(H,18,19). The molecule has 0 aromatic carbocycles. The van der Waals surface area contributed by atoms with E-state index in [-0.39, 0.29) is 6.03 Å². The molecule has 0 aromatic rings. The predicted molar refractivity (Wildman–Crippen MR) is 77.7 cm³/mol. The third kappa shape index (κ3) is 4.37. The van der Waals surface area contributed by atoms with Crippen LogP contribution in [-0.4, -0.2) is 77.1 Å². The summed E-state index contributed by atoms with van der Waals surface area (Å²) in [6, 6.07) is -0.408. The Labute approximate surface area is 121 Å². The Morgan fingerprint density at radius 1 is 1.15 bits per heavy atom. The number of carbonyl (C=O) groups excluding carboxylic acids is 1. The Morgan fingerprint density at radius 2 is 1.70 bits per heavy atom. The molecule has 1 aliphatic rings. The number of aliphatic carboxylic acids is 1. The van der Waals surface area contributed by atoms with Gasteiger partial charge in [-0.25, -0.2) is 4.79 Å². The lowest BCUT2D eigenvalue weighted by molar-refractivity contribution is -0.143. The Balaban J connectivity index is 2.51. The Morgan fingerprint density at radius 3 is 2.10 bits per heavy atom. The second-order valence-electron chi connectivity index (χ2n) is 5.75. The maximum atomic E-state index is 12.4. The van der Waals surface area contributed by atoms with Crippen molar-refractivity contribution in [2.75, 3.05) is 39.3 Å². The van der Waals surface area contributed by atoms with E-state index in [1.54, 1.807) is 6.92 Å². The summed E-state index contributed by atoms with van der Waals surface area (Å²) in [5.74, 6) is -0.355. The van der Waals surface area contributed by atoms with E-state index in [1.165, 1.54) is 0 Å². The fourth-order valence-corrected chi connectivity index (χ4v) is 2.44. The zero-order valence-electron chi connectivity index (χ0n) is 13.0. The van der Waals surface area contributed by atoms with E-state index in [0.29, 0.717) is 38.6 Å². The minimum atomic E-state index is -0.806. The molecule has 1 saturated heterocycles. The molecule has 1 aliphatic heterocycles. The Hall–Kier alpha value is -1.30. The highest BCUT2D eigenvalue weighted by Crippen LogP contribution is 2.10. The zero-order valence-corrected chi connectivity index (χ0v) is 13.0. The first-order valence-electron chi connectivity index (χ1n) is 7.37. The van der Waals surface area contributed by atoms with Crippen LogP contribution >= 0.6 is 0 Å². The topological polar surface area (TPSA) is 64.1 Å². The Kier molecular flexibility index (Phi) is 6.26. The number of carboxylic acid groups (broad SMARTS) is 1. The average molecular weight is 285 g/mol. The molecule has 1 atom stereocenters. The number of carboxylic acids is 1. The van der Waals surface area contributed by atoms with E-state index in [4.69, 9.17) is 5.11 Å². The van der Waals surface area contributed by atoms with Crippen molar-refractivity contribution >= 4 is 12.0 Å². The van der Waals surface area contributed by atoms with E-state index in [9.17, 15) is 9.59 Å². The van der Waals surface area contributed by atoms with Crippen LogP contribution in [0.1, 0.15) is 27.7 Å². The van der Waals surface area contributed by atoms with Gasteiger partial charge in [0.25, 0.3) is 0 Å². The number of rotatable bonds is 5. The summed E-state index contributed by atoms with van der Waals surface area (Å²) in [5, 5.41) is 9.00. The van der Waals surface area contributed by atoms with Gasteiger partial charge in [0.1, 0.15) is 6.04 Å². The number of amides is 2. The fourth-order valence-electron chi connectivity index (χ4n) is 2.44. The molecule has 0 spiro atoms. The molecule has 0 bridgehead atoms. The van der Waals surface area contributed by atoms with Crippen molar-refractivity contribution in [1.29, 1.82) is 0 Å². The van der Waals surface area contributed by atoms with Crippen LogP contribution < -0.4 is 0 Å². The quantitative estimate of drug-likeness (QED) is 0.823. The van der Waals surface area contributed by atoms with Crippen LogP contribution in [0.4, 0.5) is 4.79 Å².